The molecule has 1 aromatic heterocycles. The van der Waals surface area contributed by atoms with Gasteiger partial charge >= 0.3 is 0 Å². The fourth-order valence-corrected chi connectivity index (χ4v) is 6.62. The fraction of sp³-hybridized carbons (Fsp3) is 0.106. The Labute approximate surface area is 290 Å². The molecule has 1 heterocycles. The third-order valence-corrected chi connectivity index (χ3v) is 9.27. The van der Waals surface area contributed by atoms with Gasteiger partial charge in [-0.25, -0.2) is 0 Å². The van der Waals surface area contributed by atoms with Crippen LogP contribution in [0.25, 0.3) is 38.6 Å². The third-order valence-electron chi connectivity index (χ3n) is 9.27. The van der Waals surface area contributed by atoms with Crippen LogP contribution in [0.2, 0.25) is 0 Å². The topological polar surface area (TPSA) is 25.2 Å². The second kappa shape index (κ2) is 14.9. The number of nitrogens with zero attached hydrogens (tertiary/aromatic N) is 2. The van der Waals surface area contributed by atoms with Crippen molar-refractivity contribution in [3.63, 3.8) is 0 Å². The first-order valence-corrected chi connectivity index (χ1v) is 17.1. The first-order chi connectivity index (χ1) is 24.1. The molecule has 0 amide bonds. The summed E-state index contributed by atoms with van der Waals surface area (Å²) in [5, 5.41) is 2.51. The van der Waals surface area contributed by atoms with E-state index in [0.717, 1.165) is 40.9 Å². The van der Waals surface area contributed by atoms with E-state index in [1.807, 2.05) is 24.5 Å². The lowest BCUT2D eigenvalue weighted by Gasteiger charge is -2.14. The van der Waals surface area contributed by atoms with Gasteiger partial charge in [-0.3, -0.25) is 9.98 Å². The lowest BCUT2D eigenvalue weighted by Crippen LogP contribution is -2.01. The molecule has 0 aliphatic heterocycles. The van der Waals surface area contributed by atoms with Gasteiger partial charge in [-0.15, -0.1) is 6.58 Å². The van der Waals surface area contributed by atoms with Crippen molar-refractivity contribution in [2.75, 3.05) is 0 Å². The summed E-state index contributed by atoms with van der Waals surface area (Å²) in [6.07, 6.45) is 17.7. The van der Waals surface area contributed by atoms with Crippen LogP contribution in [0.5, 0.6) is 0 Å². The van der Waals surface area contributed by atoms with Crippen molar-refractivity contribution in [1.29, 1.82) is 0 Å². The normalized spacial score (nSPS) is 14.0. The molecule has 0 spiro atoms. The molecular weight excluding hydrogens is 593 g/mol. The van der Waals surface area contributed by atoms with Crippen molar-refractivity contribution in [1.82, 2.24) is 4.98 Å². The quantitative estimate of drug-likeness (QED) is 0.109. The summed E-state index contributed by atoms with van der Waals surface area (Å²) in [6.45, 7) is 6.35. The Balaban J connectivity index is 1.21. The Morgan fingerprint density at radius 2 is 1.55 bits per heavy atom. The summed E-state index contributed by atoms with van der Waals surface area (Å²) in [5.41, 5.74) is 12.7. The zero-order valence-electron chi connectivity index (χ0n) is 28.0. The molecule has 0 N–H and O–H groups in total. The highest BCUT2D eigenvalue weighted by molar-refractivity contribution is 6.01. The summed E-state index contributed by atoms with van der Waals surface area (Å²) >= 11 is 0. The van der Waals surface area contributed by atoms with Gasteiger partial charge in [-0.2, -0.15) is 0 Å². The predicted molar refractivity (Wildman–Crippen MR) is 209 cm³/mol. The van der Waals surface area contributed by atoms with Gasteiger partial charge in [0.2, 0.25) is 0 Å². The summed E-state index contributed by atoms with van der Waals surface area (Å²) in [7, 11) is 0. The first kappa shape index (κ1) is 31.7. The summed E-state index contributed by atoms with van der Waals surface area (Å²) in [6, 6.07) is 45.5. The molecule has 2 heteroatoms. The van der Waals surface area contributed by atoms with Crippen LogP contribution in [0.1, 0.15) is 47.9 Å². The van der Waals surface area contributed by atoms with Crippen LogP contribution < -0.4 is 0 Å². The molecule has 0 bridgehead atoms. The Bertz CT molecular complexity index is 2190. The van der Waals surface area contributed by atoms with E-state index in [1.165, 1.54) is 44.2 Å². The molecule has 0 radical (unpaired) electrons. The molecule has 1 aliphatic rings. The van der Waals surface area contributed by atoms with Crippen molar-refractivity contribution >= 4 is 22.1 Å². The molecule has 0 saturated carbocycles. The highest BCUT2D eigenvalue weighted by atomic mass is 14.8. The summed E-state index contributed by atoms with van der Waals surface area (Å²) in [5.74, 6) is 0.0201. The van der Waals surface area contributed by atoms with E-state index >= 15 is 0 Å². The van der Waals surface area contributed by atoms with Gasteiger partial charge in [0.15, 0.2) is 0 Å². The summed E-state index contributed by atoms with van der Waals surface area (Å²) in [4.78, 5) is 9.63. The van der Waals surface area contributed by atoms with Gasteiger partial charge in [0.25, 0.3) is 0 Å². The summed E-state index contributed by atoms with van der Waals surface area (Å²) < 4.78 is 0. The number of rotatable bonds is 10. The molecule has 0 saturated heterocycles. The van der Waals surface area contributed by atoms with Crippen LogP contribution in [0.3, 0.4) is 0 Å². The number of hydrogen-bond donors (Lipinski definition) is 0. The minimum absolute atomic E-state index is 0.0201. The molecular formula is C47H40N2. The third kappa shape index (κ3) is 7.50. The Morgan fingerprint density at radius 3 is 2.33 bits per heavy atom. The maximum absolute atomic E-state index is 5.30. The van der Waals surface area contributed by atoms with Crippen molar-refractivity contribution in [2.24, 2.45) is 4.99 Å². The molecule has 238 valence electrons. The van der Waals surface area contributed by atoms with Crippen LogP contribution in [0.4, 0.5) is 0 Å². The zero-order chi connectivity index (χ0) is 33.4. The second-order valence-corrected chi connectivity index (χ2v) is 12.6. The number of aliphatic imine (C=N–C) groups is 1. The number of hydrogen-bond acceptors (Lipinski definition) is 2. The van der Waals surface area contributed by atoms with Gasteiger partial charge in [0.05, 0.1) is 0 Å². The van der Waals surface area contributed by atoms with Crippen molar-refractivity contribution < 1.29 is 0 Å². The maximum Gasteiger partial charge on any atom is 0.0448 e. The zero-order valence-corrected chi connectivity index (χ0v) is 28.0. The van der Waals surface area contributed by atoms with Gasteiger partial charge in [-0.05, 0) is 86.7 Å². The van der Waals surface area contributed by atoms with Gasteiger partial charge in [0.1, 0.15) is 0 Å². The SMILES string of the molecule is C=CC(/C=C(/Cc1cccc(-c2cccnc2)c1)N=C(C)c1ccc(-c2cccc3ccccc23)cc1)c1ccc(C2=CCCC=C2)cc1. The molecule has 6 aromatic rings. The standard InChI is InChI=1S/C47H40N2/c1-3-36(39-23-25-40(26-24-39)38-13-5-4-6-14-38)32-45(31-35-12-9-17-43(30-35)44-18-11-29-48-33-44)49-34(2)37-21-27-42(28-22-37)47-20-10-16-41-15-7-8-19-46(41)47/h3,5,7-30,32-33,36H,1,4,6,31H2,2H3/b45-32-,49-34?. The van der Waals surface area contributed by atoms with Crippen LogP contribution in [-0.2, 0) is 6.42 Å². The van der Waals surface area contributed by atoms with Gasteiger partial charge in [-0.1, -0.05) is 152 Å². The van der Waals surface area contributed by atoms with E-state index in [-0.39, 0.29) is 5.92 Å². The van der Waals surface area contributed by atoms with Crippen LogP contribution in [-0.4, -0.2) is 10.7 Å². The maximum atomic E-state index is 5.30. The van der Waals surface area contributed by atoms with E-state index in [0.29, 0.717) is 6.42 Å². The molecule has 1 aliphatic carbocycles. The monoisotopic (exact) mass is 632 g/mol. The van der Waals surface area contributed by atoms with E-state index in [9.17, 15) is 0 Å². The Kier molecular flexibility index (Phi) is 9.66. The highest BCUT2D eigenvalue weighted by Crippen LogP contribution is 2.30. The van der Waals surface area contributed by atoms with Crippen LogP contribution in [0, 0.1) is 0 Å². The van der Waals surface area contributed by atoms with E-state index < -0.39 is 0 Å². The van der Waals surface area contributed by atoms with Crippen molar-refractivity contribution in [3.05, 3.63) is 205 Å². The average Bonchev–Trinajstić information content (AvgIpc) is 3.17. The fourth-order valence-electron chi connectivity index (χ4n) is 6.62. The average molecular weight is 633 g/mol. The molecule has 2 nitrogen and oxygen atoms in total. The lowest BCUT2D eigenvalue weighted by atomic mass is 9.93. The molecule has 7 rings (SSSR count). The van der Waals surface area contributed by atoms with Gasteiger partial charge < -0.3 is 0 Å². The van der Waals surface area contributed by atoms with Gasteiger partial charge in [0, 0.05) is 36.1 Å². The number of aromatic nitrogens is 1. The number of fused-ring (bicyclic) bond motifs is 1. The number of benzene rings is 5. The van der Waals surface area contributed by atoms with E-state index in [4.69, 9.17) is 4.99 Å². The molecule has 49 heavy (non-hydrogen) atoms. The minimum Gasteiger partial charge on any atom is -0.264 e. The van der Waals surface area contributed by atoms with Crippen molar-refractivity contribution in [3.8, 4) is 22.3 Å². The molecule has 1 unspecified atom stereocenters. The first-order valence-electron chi connectivity index (χ1n) is 17.1. The highest BCUT2D eigenvalue weighted by Gasteiger charge is 2.11. The molecule has 1 atom stereocenters. The number of allylic oxidation sites excluding steroid dienone is 7. The van der Waals surface area contributed by atoms with E-state index in [1.54, 1.807) is 0 Å². The predicted octanol–water partition coefficient (Wildman–Crippen LogP) is 12.2. The van der Waals surface area contributed by atoms with E-state index in [2.05, 4.69) is 164 Å². The van der Waals surface area contributed by atoms with Crippen LogP contribution in [0.15, 0.2) is 187 Å². The largest absolute Gasteiger partial charge is 0.264 e. The van der Waals surface area contributed by atoms with Crippen molar-refractivity contribution in [2.45, 2.75) is 32.1 Å². The minimum atomic E-state index is 0.0201. The lowest BCUT2D eigenvalue weighted by molar-refractivity contribution is 1.01. The Morgan fingerprint density at radius 1 is 0.776 bits per heavy atom. The molecule has 5 aromatic carbocycles. The number of pyridine rings is 1. The smallest absolute Gasteiger partial charge is 0.0448 e. The Hall–Kier alpha value is -5.86. The second-order valence-electron chi connectivity index (χ2n) is 12.6. The van der Waals surface area contributed by atoms with Crippen LogP contribution >= 0.6 is 0 Å². The molecule has 0 fully saturated rings.